The van der Waals surface area contributed by atoms with Gasteiger partial charge in [-0.05, 0) is 0 Å². The summed E-state index contributed by atoms with van der Waals surface area (Å²) in [6, 6.07) is 0. The van der Waals surface area contributed by atoms with E-state index in [-0.39, 0.29) is 71.8 Å². The molecule has 0 aliphatic carbocycles. The van der Waals surface area contributed by atoms with Gasteiger partial charge in [0.25, 0.3) is 0 Å². The zero-order valence-electron chi connectivity index (χ0n) is 5.89. The molecule has 10 heteroatoms. The molecule has 0 aliphatic rings. The second kappa shape index (κ2) is 85.4. The van der Waals surface area contributed by atoms with Gasteiger partial charge in [-0.1, -0.05) is 50.5 Å². The summed E-state index contributed by atoms with van der Waals surface area (Å²) in [7, 11) is 0. The SMILES string of the molecule is N#CS.N#CS.N#CS.N#CS.[KH].[Pd]. The van der Waals surface area contributed by atoms with Crippen LogP contribution in [0.3, 0.4) is 0 Å². The van der Waals surface area contributed by atoms with Gasteiger partial charge >= 0.3 is 51.4 Å². The number of thiocyanates is 4. The van der Waals surface area contributed by atoms with Gasteiger partial charge in [0.15, 0.2) is 0 Å². The van der Waals surface area contributed by atoms with E-state index in [4.69, 9.17) is 21.0 Å². The van der Waals surface area contributed by atoms with E-state index in [2.05, 4.69) is 50.5 Å². The maximum Gasteiger partial charge on any atom is 0 e. The molecule has 0 atom stereocenters. The van der Waals surface area contributed by atoms with Crippen molar-refractivity contribution in [2.45, 2.75) is 0 Å². The van der Waals surface area contributed by atoms with Crippen molar-refractivity contribution in [1.29, 1.82) is 21.0 Å². The second-order valence-electron chi connectivity index (χ2n) is 0.400. The van der Waals surface area contributed by atoms with Crippen LogP contribution in [0, 0.1) is 42.7 Å². The van der Waals surface area contributed by atoms with E-state index < -0.39 is 0 Å². The topological polar surface area (TPSA) is 95.2 Å². The van der Waals surface area contributed by atoms with Gasteiger partial charge in [0.05, 0.1) is 0 Å². The predicted octanol–water partition coefficient (Wildman–Crippen LogP) is 0.938. The minimum Gasteiger partial charge on any atom is 0 e. The average molecular weight is 383 g/mol. The molecule has 0 amide bonds. The number of rotatable bonds is 0. The van der Waals surface area contributed by atoms with E-state index in [1.165, 1.54) is 21.6 Å². The predicted molar refractivity (Wildman–Crippen MR) is 65.5 cm³/mol. The van der Waals surface area contributed by atoms with Crippen LogP contribution in [0.15, 0.2) is 0 Å². The first kappa shape index (κ1) is 36.1. The van der Waals surface area contributed by atoms with E-state index in [0.717, 1.165) is 0 Å². The molecule has 0 heterocycles. The smallest absolute Gasteiger partial charge is 0 e. The Morgan fingerprint density at radius 3 is 0.571 bits per heavy atom. The van der Waals surface area contributed by atoms with Crippen LogP contribution < -0.4 is 0 Å². The Bertz CT molecular complexity index is 163. The Morgan fingerprint density at radius 1 is 0.571 bits per heavy atom. The number of hydrogen-bond donors (Lipinski definition) is 4. The summed E-state index contributed by atoms with van der Waals surface area (Å²) in [4.78, 5) is 0. The molecule has 0 aromatic rings. The average Bonchev–Trinajstić information content (AvgIpc) is 1.92. The third-order valence-electron chi connectivity index (χ3n) is 0. The van der Waals surface area contributed by atoms with Crippen LogP contribution in [0.5, 0.6) is 0 Å². The molecule has 76 valence electrons. The Labute approximate surface area is 162 Å². The van der Waals surface area contributed by atoms with Crippen molar-refractivity contribution in [3.8, 4) is 21.6 Å². The molecular formula is C4H5KN4PdS4. The number of nitriles is 4. The van der Waals surface area contributed by atoms with Gasteiger partial charge < -0.3 is 0 Å². The van der Waals surface area contributed by atoms with Crippen LogP contribution in [-0.2, 0) is 20.4 Å². The van der Waals surface area contributed by atoms with E-state index in [1.54, 1.807) is 0 Å². The first-order chi connectivity index (χ1) is 5.66. The van der Waals surface area contributed by atoms with Crippen molar-refractivity contribution >= 4 is 102 Å². The van der Waals surface area contributed by atoms with E-state index in [9.17, 15) is 0 Å². The first-order valence-electron chi connectivity index (χ1n) is 1.79. The van der Waals surface area contributed by atoms with Crippen molar-refractivity contribution < 1.29 is 20.4 Å². The molecule has 0 aromatic carbocycles. The molecule has 0 saturated carbocycles. The Balaban J connectivity index is -0.0000000145. The zero-order chi connectivity index (χ0) is 10.8. The Kier molecular flexibility index (Phi) is 220. The van der Waals surface area contributed by atoms with Gasteiger partial charge in [0.2, 0.25) is 0 Å². The van der Waals surface area contributed by atoms with E-state index in [1.807, 2.05) is 0 Å². The quantitative estimate of drug-likeness (QED) is 0.285. The normalized spacial score (nSPS) is 2.29. The largest absolute Gasteiger partial charge is 0 e. The van der Waals surface area contributed by atoms with Gasteiger partial charge in [-0.15, -0.1) is 0 Å². The summed E-state index contributed by atoms with van der Waals surface area (Å²) >= 11 is 12.4. The number of thiol groups is 4. The van der Waals surface area contributed by atoms with Gasteiger partial charge in [0.1, 0.15) is 21.6 Å². The van der Waals surface area contributed by atoms with Crippen molar-refractivity contribution in [3.05, 3.63) is 0 Å². The fourth-order valence-electron chi connectivity index (χ4n) is 0. The molecule has 0 aliphatic heterocycles. The summed E-state index contributed by atoms with van der Waals surface area (Å²) < 4.78 is 0. The third kappa shape index (κ3) is 796. The van der Waals surface area contributed by atoms with E-state index in [0.29, 0.717) is 0 Å². The van der Waals surface area contributed by atoms with Crippen LogP contribution >= 0.6 is 50.5 Å². The third-order valence-corrected chi connectivity index (χ3v) is 0. The van der Waals surface area contributed by atoms with Crippen molar-refractivity contribution in [2.75, 3.05) is 0 Å². The molecule has 0 radical (unpaired) electrons. The number of nitrogens with zero attached hydrogens (tertiary/aromatic N) is 4. The van der Waals surface area contributed by atoms with Crippen LogP contribution in [-0.4, -0.2) is 51.4 Å². The molecule has 0 saturated heterocycles. The summed E-state index contributed by atoms with van der Waals surface area (Å²) in [5.41, 5.74) is 0. The summed E-state index contributed by atoms with van der Waals surface area (Å²) in [6.45, 7) is 0. The van der Waals surface area contributed by atoms with Gasteiger partial charge in [-0.2, -0.15) is 21.0 Å². The van der Waals surface area contributed by atoms with Crippen LogP contribution in [0.25, 0.3) is 0 Å². The summed E-state index contributed by atoms with van der Waals surface area (Å²) in [5, 5.41) is 34.5. The van der Waals surface area contributed by atoms with Gasteiger partial charge in [-0.3, -0.25) is 0 Å². The summed E-state index contributed by atoms with van der Waals surface area (Å²) in [5.74, 6) is 0. The minimum absolute atomic E-state index is 0. The molecule has 14 heavy (non-hydrogen) atoms. The standard InChI is InChI=1S/4CHNS.K.Pd.H/c4*2-1-3;;;/h4*3H;;;. The first-order valence-corrected chi connectivity index (χ1v) is 3.58. The molecule has 0 spiro atoms. The summed E-state index contributed by atoms with van der Waals surface area (Å²) in [6.07, 6.45) is 0. The molecule has 0 bridgehead atoms. The molecule has 4 nitrogen and oxygen atoms in total. The molecule has 0 aromatic heterocycles. The second-order valence-corrected chi connectivity index (χ2v) is 1.20. The maximum absolute atomic E-state index is 7.18. The molecular weight excluding hydrogens is 378 g/mol. The van der Waals surface area contributed by atoms with Crippen LogP contribution in [0.4, 0.5) is 0 Å². The monoisotopic (exact) mass is 382 g/mol. The Hall–Kier alpha value is 1.66. The zero-order valence-corrected chi connectivity index (χ0v) is 11.0. The van der Waals surface area contributed by atoms with Gasteiger partial charge in [0, 0.05) is 20.4 Å². The van der Waals surface area contributed by atoms with Crippen molar-refractivity contribution in [1.82, 2.24) is 0 Å². The fourth-order valence-corrected chi connectivity index (χ4v) is 0. The fraction of sp³-hybridized carbons (Fsp3) is 0. The number of hydrogen-bond acceptors (Lipinski definition) is 8. The Morgan fingerprint density at radius 2 is 0.571 bits per heavy atom. The van der Waals surface area contributed by atoms with Gasteiger partial charge in [-0.25, -0.2) is 0 Å². The molecule has 0 N–H and O–H groups in total. The molecule has 0 rings (SSSR count). The minimum atomic E-state index is 0. The van der Waals surface area contributed by atoms with Crippen LogP contribution in [0.1, 0.15) is 0 Å². The van der Waals surface area contributed by atoms with Crippen molar-refractivity contribution in [2.24, 2.45) is 0 Å². The van der Waals surface area contributed by atoms with Crippen LogP contribution in [0.2, 0.25) is 0 Å². The van der Waals surface area contributed by atoms with E-state index >= 15 is 0 Å². The maximum atomic E-state index is 7.18. The molecule has 0 fully saturated rings. The van der Waals surface area contributed by atoms with Crippen molar-refractivity contribution in [3.63, 3.8) is 0 Å². The molecule has 0 unspecified atom stereocenters.